The van der Waals surface area contributed by atoms with Crippen molar-refractivity contribution in [2.45, 2.75) is 26.3 Å². The Balaban J connectivity index is 2.33. The number of hydrogen-bond acceptors (Lipinski definition) is 6. The largest absolute Gasteiger partial charge is 0.493 e. The lowest BCUT2D eigenvalue weighted by Crippen LogP contribution is -2.48. The zero-order valence-electron chi connectivity index (χ0n) is 14.6. The normalized spacial score (nSPS) is 11.2. The first-order valence-electron chi connectivity index (χ1n) is 7.53. The van der Waals surface area contributed by atoms with Crippen molar-refractivity contribution in [1.29, 1.82) is 0 Å². The number of aromatic nitrogens is 1. The van der Waals surface area contributed by atoms with E-state index in [1.54, 1.807) is 14.2 Å². The molecular formula is C17H23N3O3S. The van der Waals surface area contributed by atoms with E-state index in [0.29, 0.717) is 28.6 Å². The van der Waals surface area contributed by atoms with Crippen LogP contribution >= 0.6 is 11.3 Å². The summed E-state index contributed by atoms with van der Waals surface area (Å²) in [6, 6.07) is 5.57. The van der Waals surface area contributed by atoms with Crippen LogP contribution in [0.25, 0.3) is 10.6 Å². The molecular weight excluding hydrogens is 326 g/mol. The van der Waals surface area contributed by atoms with Gasteiger partial charge in [-0.3, -0.25) is 4.79 Å². The van der Waals surface area contributed by atoms with Crippen LogP contribution in [0.5, 0.6) is 11.5 Å². The number of thiazole rings is 1. The molecule has 0 spiro atoms. The highest BCUT2D eigenvalue weighted by atomic mass is 32.1. The van der Waals surface area contributed by atoms with E-state index in [9.17, 15) is 4.79 Å². The minimum absolute atomic E-state index is 0.160. The van der Waals surface area contributed by atoms with Crippen molar-refractivity contribution in [3.8, 4) is 22.1 Å². The Kier molecular flexibility index (Phi) is 5.46. The summed E-state index contributed by atoms with van der Waals surface area (Å²) in [5, 5.41) is 3.68. The van der Waals surface area contributed by atoms with E-state index in [2.05, 4.69) is 10.3 Å². The number of benzene rings is 1. The number of ether oxygens (including phenoxy) is 2. The predicted molar refractivity (Wildman–Crippen MR) is 96.0 cm³/mol. The molecule has 0 unspecified atom stereocenters. The van der Waals surface area contributed by atoms with Crippen molar-refractivity contribution >= 4 is 17.2 Å². The highest BCUT2D eigenvalue weighted by molar-refractivity contribution is 7.17. The maximum atomic E-state index is 12.5. The van der Waals surface area contributed by atoms with Gasteiger partial charge in [0.15, 0.2) is 11.5 Å². The Hall–Kier alpha value is -2.12. The van der Waals surface area contributed by atoms with Gasteiger partial charge in [-0.1, -0.05) is 0 Å². The van der Waals surface area contributed by atoms with Crippen LogP contribution in [-0.4, -0.2) is 37.2 Å². The molecule has 6 nitrogen and oxygen atoms in total. The molecule has 1 aromatic carbocycles. The number of nitrogens with two attached hydrogens (primary N) is 1. The first kappa shape index (κ1) is 18.2. The number of amides is 1. The second-order valence-corrected chi connectivity index (χ2v) is 7.04. The molecule has 3 N–H and O–H groups in total. The van der Waals surface area contributed by atoms with E-state index in [4.69, 9.17) is 15.2 Å². The molecule has 2 rings (SSSR count). The molecule has 1 amide bonds. The zero-order valence-corrected chi connectivity index (χ0v) is 15.4. The lowest BCUT2D eigenvalue weighted by Gasteiger charge is -2.23. The number of methoxy groups -OCH3 is 2. The number of carbonyl (C=O) groups excluding carboxylic acids is 1. The summed E-state index contributed by atoms with van der Waals surface area (Å²) in [6.45, 7) is 5.96. The Morgan fingerprint density at radius 2 is 1.96 bits per heavy atom. The van der Waals surface area contributed by atoms with Crippen LogP contribution in [-0.2, 0) is 0 Å². The van der Waals surface area contributed by atoms with E-state index in [0.717, 1.165) is 10.6 Å². The van der Waals surface area contributed by atoms with E-state index >= 15 is 0 Å². The third-order valence-electron chi connectivity index (χ3n) is 3.60. The number of rotatable bonds is 6. The fraction of sp³-hybridized carbons (Fsp3) is 0.412. The van der Waals surface area contributed by atoms with Crippen molar-refractivity contribution in [2.24, 2.45) is 5.73 Å². The summed E-state index contributed by atoms with van der Waals surface area (Å²) < 4.78 is 10.6. The fourth-order valence-electron chi connectivity index (χ4n) is 2.11. The summed E-state index contributed by atoms with van der Waals surface area (Å²) in [4.78, 5) is 17.6. The molecule has 2 aromatic rings. The van der Waals surface area contributed by atoms with Gasteiger partial charge < -0.3 is 20.5 Å². The van der Waals surface area contributed by atoms with Crippen LogP contribution < -0.4 is 20.5 Å². The number of nitrogens with one attached hydrogen (secondary N) is 1. The molecule has 0 bridgehead atoms. The molecule has 0 saturated carbocycles. The zero-order chi connectivity index (χ0) is 17.9. The number of nitrogens with zero attached hydrogens (tertiary/aromatic N) is 1. The summed E-state index contributed by atoms with van der Waals surface area (Å²) in [5.41, 5.74) is 6.78. The van der Waals surface area contributed by atoms with Gasteiger partial charge in [-0.15, -0.1) is 11.3 Å². The second kappa shape index (κ2) is 7.19. The Bertz CT molecular complexity index is 741. The van der Waals surface area contributed by atoms with Gasteiger partial charge in [0, 0.05) is 17.6 Å². The average Bonchev–Trinajstić information content (AvgIpc) is 2.95. The highest BCUT2D eigenvalue weighted by Gasteiger charge is 2.23. The lowest BCUT2D eigenvalue weighted by molar-refractivity contribution is 0.0919. The van der Waals surface area contributed by atoms with Crippen LogP contribution in [0, 0.1) is 6.92 Å². The molecule has 1 heterocycles. The Labute approximate surface area is 146 Å². The minimum Gasteiger partial charge on any atom is -0.493 e. The van der Waals surface area contributed by atoms with E-state index in [1.165, 1.54) is 11.3 Å². The van der Waals surface area contributed by atoms with E-state index < -0.39 is 5.54 Å². The summed E-state index contributed by atoms with van der Waals surface area (Å²) in [6.07, 6.45) is 0. The van der Waals surface area contributed by atoms with Crippen LogP contribution in [0.3, 0.4) is 0 Å². The van der Waals surface area contributed by atoms with Gasteiger partial charge in [-0.2, -0.15) is 0 Å². The average molecular weight is 349 g/mol. The Morgan fingerprint density at radius 1 is 1.29 bits per heavy atom. The Morgan fingerprint density at radius 3 is 2.54 bits per heavy atom. The van der Waals surface area contributed by atoms with E-state index in [1.807, 2.05) is 39.0 Å². The van der Waals surface area contributed by atoms with Gasteiger partial charge in [0.1, 0.15) is 9.88 Å². The van der Waals surface area contributed by atoms with Gasteiger partial charge in [0.05, 0.1) is 19.9 Å². The standard InChI is InChI=1S/C17H23N3O3S/c1-10-14(15(21)20-17(2,3)9-18)24-16(19-10)11-6-7-12(22-4)13(8-11)23-5/h6-8H,9,18H2,1-5H3,(H,20,21). The summed E-state index contributed by atoms with van der Waals surface area (Å²) >= 11 is 1.34. The molecule has 0 radical (unpaired) electrons. The lowest BCUT2D eigenvalue weighted by atomic mass is 10.1. The molecule has 0 aliphatic carbocycles. The number of aryl methyl sites for hydroxylation is 1. The third kappa shape index (κ3) is 3.85. The SMILES string of the molecule is COc1ccc(-c2nc(C)c(C(=O)NC(C)(C)CN)s2)cc1OC. The van der Waals surface area contributed by atoms with Crippen LogP contribution in [0.4, 0.5) is 0 Å². The molecule has 0 aliphatic rings. The minimum atomic E-state index is -0.461. The van der Waals surface area contributed by atoms with Crippen molar-refractivity contribution < 1.29 is 14.3 Å². The molecule has 24 heavy (non-hydrogen) atoms. The van der Waals surface area contributed by atoms with Crippen molar-refractivity contribution in [1.82, 2.24) is 10.3 Å². The van der Waals surface area contributed by atoms with Gasteiger partial charge >= 0.3 is 0 Å². The second-order valence-electron chi connectivity index (χ2n) is 6.05. The fourth-order valence-corrected chi connectivity index (χ4v) is 3.07. The van der Waals surface area contributed by atoms with Crippen LogP contribution in [0.15, 0.2) is 18.2 Å². The third-order valence-corrected chi connectivity index (χ3v) is 4.80. The highest BCUT2D eigenvalue weighted by Crippen LogP contribution is 2.35. The van der Waals surface area contributed by atoms with Gasteiger partial charge in [-0.25, -0.2) is 4.98 Å². The maximum absolute atomic E-state index is 12.5. The van der Waals surface area contributed by atoms with Crippen molar-refractivity contribution in [2.75, 3.05) is 20.8 Å². The molecule has 130 valence electrons. The maximum Gasteiger partial charge on any atom is 0.263 e. The molecule has 7 heteroatoms. The van der Waals surface area contributed by atoms with Gasteiger partial charge in [-0.05, 0) is 39.0 Å². The summed E-state index contributed by atoms with van der Waals surface area (Å²) in [5.74, 6) is 1.11. The van der Waals surface area contributed by atoms with E-state index in [-0.39, 0.29) is 5.91 Å². The predicted octanol–water partition coefficient (Wildman–Crippen LogP) is 2.60. The topological polar surface area (TPSA) is 86.5 Å². The van der Waals surface area contributed by atoms with Gasteiger partial charge in [0.25, 0.3) is 5.91 Å². The van der Waals surface area contributed by atoms with Crippen LogP contribution in [0.2, 0.25) is 0 Å². The first-order valence-corrected chi connectivity index (χ1v) is 8.35. The van der Waals surface area contributed by atoms with Gasteiger partial charge in [0.2, 0.25) is 0 Å². The van der Waals surface area contributed by atoms with Crippen molar-refractivity contribution in [3.05, 3.63) is 28.8 Å². The number of hydrogen-bond donors (Lipinski definition) is 2. The first-order chi connectivity index (χ1) is 11.3. The molecule has 0 fully saturated rings. The summed E-state index contributed by atoms with van der Waals surface area (Å²) in [7, 11) is 3.18. The monoisotopic (exact) mass is 349 g/mol. The molecule has 0 atom stereocenters. The molecule has 0 saturated heterocycles. The van der Waals surface area contributed by atoms with Crippen molar-refractivity contribution in [3.63, 3.8) is 0 Å². The number of carbonyl (C=O) groups is 1. The van der Waals surface area contributed by atoms with Crippen LogP contribution in [0.1, 0.15) is 29.2 Å². The molecule has 1 aromatic heterocycles. The smallest absolute Gasteiger partial charge is 0.263 e. The molecule has 0 aliphatic heterocycles. The quantitative estimate of drug-likeness (QED) is 0.837.